The van der Waals surface area contributed by atoms with Gasteiger partial charge in [0.05, 0.1) is 12.7 Å². The highest BCUT2D eigenvalue weighted by Gasteiger charge is 2.06. The van der Waals surface area contributed by atoms with Crippen molar-refractivity contribution in [3.8, 4) is 0 Å². The highest BCUT2D eigenvalue weighted by Crippen LogP contribution is 2.18. The molecule has 78 valence electrons. The van der Waals surface area contributed by atoms with E-state index in [0.717, 1.165) is 5.75 Å². The predicted octanol–water partition coefficient (Wildman–Crippen LogP) is 2.44. The van der Waals surface area contributed by atoms with Crippen molar-refractivity contribution >= 4 is 11.8 Å². The smallest absolute Gasteiger partial charge is 0.0898 e. The average molecular weight is 212 g/mol. The van der Waals surface area contributed by atoms with E-state index in [4.69, 9.17) is 9.47 Å². The second-order valence-corrected chi connectivity index (χ2v) is 4.03. The first kappa shape index (κ1) is 11.6. The fraction of sp³-hybridized carbons (Fsp3) is 0.455. The molecule has 0 aliphatic carbocycles. The normalized spacial score (nSPS) is 12.7. The Morgan fingerprint density at radius 1 is 1.21 bits per heavy atom. The highest BCUT2D eigenvalue weighted by molar-refractivity contribution is 7.99. The molecule has 0 saturated carbocycles. The SMILES string of the molecule is COC[C@H](CSc1ccccc1)OC. The molecule has 3 heteroatoms. The first-order chi connectivity index (χ1) is 6.86. The highest BCUT2D eigenvalue weighted by atomic mass is 32.2. The number of ether oxygens (including phenoxy) is 2. The summed E-state index contributed by atoms with van der Waals surface area (Å²) in [6, 6.07) is 10.3. The van der Waals surface area contributed by atoms with Crippen molar-refractivity contribution in [2.45, 2.75) is 11.0 Å². The summed E-state index contributed by atoms with van der Waals surface area (Å²) in [6.07, 6.45) is 0.171. The largest absolute Gasteiger partial charge is 0.382 e. The molecule has 14 heavy (non-hydrogen) atoms. The molecule has 0 spiro atoms. The van der Waals surface area contributed by atoms with Crippen molar-refractivity contribution in [1.82, 2.24) is 0 Å². The number of methoxy groups -OCH3 is 2. The van der Waals surface area contributed by atoms with Crippen LogP contribution in [0.15, 0.2) is 35.2 Å². The number of benzene rings is 1. The predicted molar refractivity (Wildman–Crippen MR) is 59.8 cm³/mol. The Morgan fingerprint density at radius 2 is 1.93 bits per heavy atom. The summed E-state index contributed by atoms with van der Waals surface area (Å²) in [7, 11) is 3.41. The molecule has 0 unspecified atom stereocenters. The maximum Gasteiger partial charge on any atom is 0.0898 e. The van der Waals surface area contributed by atoms with E-state index in [1.54, 1.807) is 26.0 Å². The molecule has 0 bridgehead atoms. The molecule has 0 aliphatic rings. The summed E-state index contributed by atoms with van der Waals surface area (Å²) in [5.74, 6) is 0.925. The Bertz CT molecular complexity index is 238. The molecular formula is C11H16O2S. The van der Waals surface area contributed by atoms with Crippen LogP contribution in [-0.4, -0.2) is 32.7 Å². The van der Waals surface area contributed by atoms with E-state index in [9.17, 15) is 0 Å². The second kappa shape index (κ2) is 6.87. The van der Waals surface area contributed by atoms with E-state index in [-0.39, 0.29) is 6.10 Å². The summed E-state index contributed by atoms with van der Waals surface area (Å²) in [6.45, 7) is 0.649. The van der Waals surface area contributed by atoms with Gasteiger partial charge in [-0.25, -0.2) is 0 Å². The third-order valence-corrected chi connectivity index (χ3v) is 3.01. The van der Waals surface area contributed by atoms with E-state index < -0.39 is 0 Å². The minimum absolute atomic E-state index is 0.171. The Labute approximate surface area is 89.6 Å². The lowest BCUT2D eigenvalue weighted by atomic mass is 10.4. The van der Waals surface area contributed by atoms with E-state index >= 15 is 0 Å². The van der Waals surface area contributed by atoms with Crippen LogP contribution in [0.25, 0.3) is 0 Å². The summed E-state index contributed by atoms with van der Waals surface area (Å²) in [5, 5.41) is 0. The lowest BCUT2D eigenvalue weighted by molar-refractivity contribution is 0.0430. The molecule has 1 atom stereocenters. The van der Waals surface area contributed by atoms with E-state index in [2.05, 4.69) is 12.1 Å². The van der Waals surface area contributed by atoms with Crippen molar-refractivity contribution in [2.24, 2.45) is 0 Å². The molecule has 0 heterocycles. The van der Waals surface area contributed by atoms with Gasteiger partial charge in [0.1, 0.15) is 0 Å². The Morgan fingerprint density at radius 3 is 2.50 bits per heavy atom. The Kier molecular flexibility index (Phi) is 5.68. The Balaban J connectivity index is 2.32. The van der Waals surface area contributed by atoms with E-state index in [1.165, 1.54) is 4.90 Å². The standard InChI is InChI=1S/C11H16O2S/c1-12-8-10(13-2)9-14-11-6-4-3-5-7-11/h3-7,10H,8-9H2,1-2H3/t10-/m1/s1. The van der Waals surface area contributed by atoms with Gasteiger partial charge in [-0.2, -0.15) is 0 Å². The van der Waals surface area contributed by atoms with Gasteiger partial charge in [-0.15, -0.1) is 11.8 Å². The molecule has 1 aromatic rings. The molecule has 0 fully saturated rings. The summed E-state index contributed by atoms with van der Waals surface area (Å²) < 4.78 is 10.3. The van der Waals surface area contributed by atoms with Gasteiger partial charge in [-0.1, -0.05) is 18.2 Å². The van der Waals surface area contributed by atoms with Crippen LogP contribution in [0, 0.1) is 0 Å². The molecular weight excluding hydrogens is 196 g/mol. The van der Waals surface area contributed by atoms with Crippen LogP contribution in [-0.2, 0) is 9.47 Å². The summed E-state index contributed by atoms with van der Waals surface area (Å²) in [5.41, 5.74) is 0. The van der Waals surface area contributed by atoms with Gasteiger partial charge in [0, 0.05) is 24.9 Å². The zero-order valence-electron chi connectivity index (χ0n) is 8.60. The lowest BCUT2D eigenvalue weighted by Crippen LogP contribution is -2.19. The molecule has 0 N–H and O–H groups in total. The van der Waals surface area contributed by atoms with Gasteiger partial charge in [-0.3, -0.25) is 0 Å². The zero-order valence-corrected chi connectivity index (χ0v) is 9.42. The summed E-state index contributed by atoms with van der Waals surface area (Å²) >= 11 is 1.79. The third kappa shape index (κ3) is 4.13. The zero-order chi connectivity index (χ0) is 10.2. The topological polar surface area (TPSA) is 18.5 Å². The van der Waals surface area contributed by atoms with Gasteiger partial charge in [0.2, 0.25) is 0 Å². The maximum absolute atomic E-state index is 5.27. The fourth-order valence-electron chi connectivity index (χ4n) is 1.08. The molecule has 0 aromatic heterocycles. The molecule has 0 amide bonds. The van der Waals surface area contributed by atoms with Crippen LogP contribution < -0.4 is 0 Å². The average Bonchev–Trinajstić information content (AvgIpc) is 2.25. The fourth-order valence-corrected chi connectivity index (χ4v) is 2.04. The molecule has 0 aliphatic heterocycles. The van der Waals surface area contributed by atoms with Crippen LogP contribution in [0.5, 0.6) is 0 Å². The van der Waals surface area contributed by atoms with Crippen LogP contribution in [0.4, 0.5) is 0 Å². The van der Waals surface area contributed by atoms with Gasteiger partial charge < -0.3 is 9.47 Å². The van der Waals surface area contributed by atoms with Crippen molar-refractivity contribution in [2.75, 3.05) is 26.6 Å². The van der Waals surface area contributed by atoms with Crippen LogP contribution in [0.3, 0.4) is 0 Å². The lowest BCUT2D eigenvalue weighted by Gasteiger charge is -2.13. The number of rotatable bonds is 6. The minimum Gasteiger partial charge on any atom is -0.382 e. The minimum atomic E-state index is 0.171. The van der Waals surface area contributed by atoms with Crippen molar-refractivity contribution in [1.29, 1.82) is 0 Å². The first-order valence-corrected chi connectivity index (χ1v) is 5.55. The van der Waals surface area contributed by atoms with Gasteiger partial charge >= 0.3 is 0 Å². The van der Waals surface area contributed by atoms with Crippen molar-refractivity contribution in [3.05, 3.63) is 30.3 Å². The number of hydrogen-bond donors (Lipinski definition) is 0. The first-order valence-electron chi connectivity index (χ1n) is 4.56. The van der Waals surface area contributed by atoms with Gasteiger partial charge in [-0.05, 0) is 12.1 Å². The van der Waals surface area contributed by atoms with Crippen molar-refractivity contribution in [3.63, 3.8) is 0 Å². The summed E-state index contributed by atoms with van der Waals surface area (Å²) in [4.78, 5) is 1.27. The second-order valence-electron chi connectivity index (χ2n) is 2.94. The Hall–Kier alpha value is -0.510. The van der Waals surface area contributed by atoms with Crippen molar-refractivity contribution < 1.29 is 9.47 Å². The molecule has 1 rings (SSSR count). The molecule has 1 aromatic carbocycles. The molecule has 2 nitrogen and oxygen atoms in total. The molecule has 0 saturated heterocycles. The maximum atomic E-state index is 5.27. The number of thioether (sulfide) groups is 1. The van der Waals surface area contributed by atoms with Gasteiger partial charge in [0.25, 0.3) is 0 Å². The van der Waals surface area contributed by atoms with Crippen LogP contribution in [0.2, 0.25) is 0 Å². The van der Waals surface area contributed by atoms with Crippen LogP contribution in [0.1, 0.15) is 0 Å². The van der Waals surface area contributed by atoms with Crippen LogP contribution >= 0.6 is 11.8 Å². The van der Waals surface area contributed by atoms with E-state index in [1.807, 2.05) is 18.2 Å². The quantitative estimate of drug-likeness (QED) is 0.675. The van der Waals surface area contributed by atoms with E-state index in [0.29, 0.717) is 6.61 Å². The van der Waals surface area contributed by atoms with Gasteiger partial charge in [0.15, 0.2) is 0 Å². The molecule has 0 radical (unpaired) electrons. The monoisotopic (exact) mass is 212 g/mol. The third-order valence-electron chi connectivity index (χ3n) is 1.86. The number of hydrogen-bond acceptors (Lipinski definition) is 3.